The van der Waals surface area contributed by atoms with E-state index >= 15 is 0 Å². The van der Waals surface area contributed by atoms with Crippen molar-refractivity contribution in [2.45, 2.75) is 380 Å². The van der Waals surface area contributed by atoms with Crippen LogP contribution in [0.2, 0.25) is 0 Å². The molecule has 0 heterocycles. The van der Waals surface area contributed by atoms with Crippen LogP contribution in [0, 0.1) is 5.92 Å². The largest absolute Gasteiger partial charge is 0.472 e. The highest BCUT2D eigenvalue weighted by Gasteiger charge is 2.30. The second kappa shape index (κ2) is 63.5. The predicted molar refractivity (Wildman–Crippen MR) is 358 cm³/mol. The fraction of sp³-hybridized carbons (Fsp3) is 0.943. The minimum atomic E-state index is -4.95. The second-order valence-corrected chi connectivity index (χ2v) is 28.4. The molecule has 528 valence electrons. The number of phosphoric acid groups is 2. The van der Waals surface area contributed by atoms with E-state index in [0.717, 1.165) is 109 Å². The number of phosphoric ester groups is 2. The fourth-order valence-corrected chi connectivity index (χ4v) is 12.2. The molecular weight excluding hydrogens is 1170 g/mol. The lowest BCUT2D eigenvalue weighted by atomic mass is 10.00. The smallest absolute Gasteiger partial charge is 0.462 e. The van der Waals surface area contributed by atoms with Crippen LogP contribution in [0.3, 0.4) is 0 Å². The molecule has 0 rings (SSSR count). The molecule has 0 amide bonds. The Morgan fingerprint density at radius 1 is 0.315 bits per heavy atom. The van der Waals surface area contributed by atoms with Gasteiger partial charge in [0.05, 0.1) is 26.4 Å². The Hall–Kier alpha value is -1.94. The minimum absolute atomic E-state index is 0.103. The standard InChI is InChI=1S/C70H136O17P2/c1-6-10-13-16-19-21-23-25-27-28-29-30-32-34-36-39-45-50-55-69(74)86-65(60-81-68(73)54-49-44-38-35-33-31-26-24-22-20-17-14-11-7-2)61-84-88(76,77)82-57-64(71)58-83-89(78,79)85-62-66(59-80-67(72)53-48-43-37-18-15-12-8-3)87-70(75)56-51-46-41-40-42-47-52-63(5)9-4/h63-66,71H,6-62H2,1-5H3,(H,76,77)(H,78,79)/t63?,64-,65-,66-/m1/s1. The quantitative estimate of drug-likeness (QED) is 0.0222. The number of rotatable bonds is 70. The zero-order valence-electron chi connectivity index (χ0n) is 57.6. The normalized spacial score (nSPS) is 14.4. The van der Waals surface area contributed by atoms with Gasteiger partial charge in [-0.2, -0.15) is 0 Å². The summed E-state index contributed by atoms with van der Waals surface area (Å²) in [4.78, 5) is 72.4. The van der Waals surface area contributed by atoms with Crippen molar-refractivity contribution in [3.8, 4) is 0 Å². The highest BCUT2D eigenvalue weighted by Crippen LogP contribution is 2.45. The summed E-state index contributed by atoms with van der Waals surface area (Å²) in [6.45, 7) is 7.16. The summed E-state index contributed by atoms with van der Waals surface area (Å²) in [6, 6.07) is 0. The minimum Gasteiger partial charge on any atom is -0.462 e. The lowest BCUT2D eigenvalue weighted by Gasteiger charge is -2.21. The van der Waals surface area contributed by atoms with Crippen LogP contribution in [0.25, 0.3) is 0 Å². The van der Waals surface area contributed by atoms with Gasteiger partial charge in [0.25, 0.3) is 0 Å². The number of esters is 4. The molecule has 17 nitrogen and oxygen atoms in total. The summed E-state index contributed by atoms with van der Waals surface area (Å²) in [6.07, 6.45) is 50.2. The van der Waals surface area contributed by atoms with Crippen molar-refractivity contribution in [3.05, 3.63) is 0 Å². The van der Waals surface area contributed by atoms with Gasteiger partial charge in [-0.25, -0.2) is 9.13 Å². The molecule has 0 aliphatic carbocycles. The highest BCUT2D eigenvalue weighted by molar-refractivity contribution is 7.47. The van der Waals surface area contributed by atoms with E-state index in [4.69, 9.17) is 37.0 Å². The molecule has 0 fully saturated rings. The number of ether oxygens (including phenoxy) is 4. The van der Waals surface area contributed by atoms with E-state index in [2.05, 4.69) is 34.6 Å². The maximum Gasteiger partial charge on any atom is 0.472 e. The lowest BCUT2D eigenvalue weighted by molar-refractivity contribution is -0.161. The summed E-state index contributed by atoms with van der Waals surface area (Å²) in [5.74, 6) is -1.41. The Morgan fingerprint density at radius 3 is 0.798 bits per heavy atom. The van der Waals surface area contributed by atoms with E-state index in [1.54, 1.807) is 0 Å². The van der Waals surface area contributed by atoms with E-state index in [1.807, 2.05) is 0 Å². The summed E-state index contributed by atoms with van der Waals surface area (Å²) in [5, 5.41) is 10.6. The molecule has 89 heavy (non-hydrogen) atoms. The molecule has 0 aromatic carbocycles. The molecule has 0 bridgehead atoms. The number of unbranched alkanes of at least 4 members (excludes halogenated alkanes) is 41. The summed E-state index contributed by atoms with van der Waals surface area (Å²) in [7, 11) is -9.89. The van der Waals surface area contributed by atoms with Crippen LogP contribution in [-0.2, 0) is 65.4 Å². The van der Waals surface area contributed by atoms with E-state index < -0.39 is 97.5 Å². The first-order valence-corrected chi connectivity index (χ1v) is 39.7. The molecule has 0 radical (unpaired) electrons. The number of aliphatic hydroxyl groups excluding tert-OH is 1. The average molecular weight is 1310 g/mol. The topological polar surface area (TPSA) is 237 Å². The predicted octanol–water partition coefficient (Wildman–Crippen LogP) is 20.1. The first-order valence-electron chi connectivity index (χ1n) is 36.7. The van der Waals surface area contributed by atoms with Gasteiger partial charge in [-0.15, -0.1) is 0 Å². The highest BCUT2D eigenvalue weighted by atomic mass is 31.2. The summed E-state index contributed by atoms with van der Waals surface area (Å²) >= 11 is 0. The van der Waals surface area contributed by atoms with Crippen molar-refractivity contribution in [2.24, 2.45) is 5.92 Å². The first kappa shape index (κ1) is 87.1. The van der Waals surface area contributed by atoms with Crippen LogP contribution in [0.5, 0.6) is 0 Å². The molecule has 0 spiro atoms. The van der Waals surface area contributed by atoms with Crippen molar-refractivity contribution >= 4 is 39.5 Å². The van der Waals surface area contributed by atoms with E-state index in [0.29, 0.717) is 25.7 Å². The van der Waals surface area contributed by atoms with E-state index in [1.165, 1.54) is 173 Å². The number of carbonyl (C=O) groups excluding carboxylic acids is 4. The van der Waals surface area contributed by atoms with Gasteiger partial charge in [0.2, 0.25) is 0 Å². The average Bonchev–Trinajstić information content (AvgIpc) is 3.67. The van der Waals surface area contributed by atoms with E-state index in [9.17, 15) is 43.2 Å². The molecule has 0 aliphatic heterocycles. The first-order chi connectivity index (χ1) is 43.1. The van der Waals surface area contributed by atoms with Gasteiger partial charge >= 0.3 is 39.5 Å². The summed E-state index contributed by atoms with van der Waals surface area (Å²) < 4.78 is 68.2. The van der Waals surface area contributed by atoms with Crippen LogP contribution in [0.4, 0.5) is 0 Å². The van der Waals surface area contributed by atoms with Crippen molar-refractivity contribution in [1.82, 2.24) is 0 Å². The number of carbonyl (C=O) groups is 4. The van der Waals surface area contributed by atoms with Gasteiger partial charge in [-0.05, 0) is 31.6 Å². The maximum absolute atomic E-state index is 13.0. The number of aliphatic hydroxyl groups is 1. The summed E-state index contributed by atoms with van der Waals surface area (Å²) in [5.41, 5.74) is 0. The van der Waals surface area contributed by atoms with Crippen LogP contribution in [0.15, 0.2) is 0 Å². The third-order valence-corrected chi connectivity index (χ3v) is 18.5. The van der Waals surface area contributed by atoms with Crippen molar-refractivity contribution in [3.63, 3.8) is 0 Å². The number of hydrogen-bond donors (Lipinski definition) is 3. The number of hydrogen-bond acceptors (Lipinski definition) is 15. The third-order valence-electron chi connectivity index (χ3n) is 16.6. The maximum atomic E-state index is 13.0. The fourth-order valence-electron chi connectivity index (χ4n) is 10.6. The Morgan fingerprint density at radius 2 is 0.539 bits per heavy atom. The Labute approximate surface area is 543 Å². The van der Waals surface area contributed by atoms with Gasteiger partial charge in [-0.1, -0.05) is 311 Å². The van der Waals surface area contributed by atoms with Crippen molar-refractivity contribution in [2.75, 3.05) is 39.6 Å². The van der Waals surface area contributed by atoms with Crippen LogP contribution in [-0.4, -0.2) is 96.7 Å². The van der Waals surface area contributed by atoms with Gasteiger partial charge < -0.3 is 33.8 Å². The molecule has 3 unspecified atom stereocenters. The van der Waals surface area contributed by atoms with Gasteiger partial charge in [-0.3, -0.25) is 37.3 Å². The Kier molecular flexibility index (Phi) is 62.1. The molecule has 19 heteroatoms. The zero-order chi connectivity index (χ0) is 65.6. The molecule has 0 aromatic rings. The lowest BCUT2D eigenvalue weighted by Crippen LogP contribution is -2.30. The van der Waals surface area contributed by atoms with E-state index in [-0.39, 0.29) is 25.7 Å². The molecule has 0 saturated heterocycles. The molecule has 3 N–H and O–H groups in total. The van der Waals surface area contributed by atoms with Gasteiger partial charge in [0, 0.05) is 25.7 Å². The zero-order valence-corrected chi connectivity index (χ0v) is 59.4. The van der Waals surface area contributed by atoms with Crippen LogP contribution in [0.1, 0.15) is 362 Å². The Bertz CT molecular complexity index is 1720. The van der Waals surface area contributed by atoms with Gasteiger partial charge in [0.15, 0.2) is 12.2 Å². The molecule has 0 saturated carbocycles. The molecular formula is C70H136O17P2. The van der Waals surface area contributed by atoms with Crippen molar-refractivity contribution < 1.29 is 80.2 Å². The van der Waals surface area contributed by atoms with Crippen LogP contribution < -0.4 is 0 Å². The third kappa shape index (κ3) is 63.2. The Balaban J connectivity index is 5.19. The van der Waals surface area contributed by atoms with Crippen molar-refractivity contribution in [1.29, 1.82) is 0 Å². The molecule has 6 atom stereocenters. The van der Waals surface area contributed by atoms with Crippen LogP contribution >= 0.6 is 15.6 Å². The molecule has 0 aliphatic rings. The monoisotopic (exact) mass is 1310 g/mol. The molecule has 0 aromatic heterocycles. The second-order valence-electron chi connectivity index (χ2n) is 25.5. The SMILES string of the molecule is CCCCCCCCCCCCCCCCCCCCC(=O)O[C@H](COC(=O)CCCCCCCCCCCCCCCC)COP(=O)(O)OC[C@@H](O)COP(=O)(O)OC[C@@H](COC(=O)CCCCCCCCC)OC(=O)CCCCCCCCC(C)CC. The van der Waals surface area contributed by atoms with Gasteiger partial charge in [0.1, 0.15) is 19.3 Å².